The van der Waals surface area contributed by atoms with Crippen LogP contribution in [0.5, 0.6) is 5.75 Å². The predicted molar refractivity (Wildman–Crippen MR) is 75.8 cm³/mol. The van der Waals surface area contributed by atoms with Crippen LogP contribution in [-0.4, -0.2) is 25.1 Å². The van der Waals surface area contributed by atoms with Crippen LogP contribution in [0.15, 0.2) is 22.7 Å². The molecule has 1 aromatic carbocycles. The fraction of sp³-hybridized carbons (Fsp3) is 0.462. The molecule has 0 aliphatic carbocycles. The molecule has 1 rings (SSSR count). The van der Waals surface area contributed by atoms with Crippen LogP contribution in [0, 0.1) is 0 Å². The van der Waals surface area contributed by atoms with Crippen molar-refractivity contribution in [1.29, 1.82) is 0 Å². The summed E-state index contributed by atoms with van der Waals surface area (Å²) >= 11 is 3.27. The Labute approximate surface area is 125 Å². The normalized spacial score (nSPS) is 12.3. The van der Waals surface area contributed by atoms with E-state index in [0.717, 1.165) is 4.47 Å². The number of benzene rings is 1. The third-order valence-electron chi connectivity index (χ3n) is 2.58. The maximum atomic E-state index is 12.3. The van der Waals surface area contributed by atoms with Crippen LogP contribution in [0.1, 0.15) is 19.4 Å². The van der Waals surface area contributed by atoms with Crippen molar-refractivity contribution in [2.75, 3.05) is 6.54 Å². The second-order valence-electron chi connectivity index (χ2n) is 4.13. The second-order valence-corrected chi connectivity index (χ2v) is 5.04. The van der Waals surface area contributed by atoms with Crippen molar-refractivity contribution in [2.45, 2.75) is 33.0 Å². The SMILES string of the molecule is CCNC(=O)C(C)NCc1cc(Br)ccc1OC(F)F. The van der Waals surface area contributed by atoms with Gasteiger partial charge in [-0.05, 0) is 32.0 Å². The van der Waals surface area contributed by atoms with E-state index in [2.05, 4.69) is 31.3 Å². The fourth-order valence-corrected chi connectivity index (χ4v) is 1.99. The van der Waals surface area contributed by atoms with Crippen LogP contribution in [0.25, 0.3) is 0 Å². The summed E-state index contributed by atoms with van der Waals surface area (Å²) in [4.78, 5) is 11.6. The molecule has 0 saturated carbocycles. The Morgan fingerprint density at radius 1 is 1.45 bits per heavy atom. The van der Waals surface area contributed by atoms with Crippen LogP contribution < -0.4 is 15.4 Å². The summed E-state index contributed by atoms with van der Waals surface area (Å²) in [5.74, 6) is -0.0439. The smallest absolute Gasteiger partial charge is 0.387 e. The number of amides is 1. The van der Waals surface area contributed by atoms with E-state index in [0.29, 0.717) is 12.1 Å². The number of alkyl halides is 2. The summed E-state index contributed by atoms with van der Waals surface area (Å²) in [7, 11) is 0. The molecule has 20 heavy (non-hydrogen) atoms. The Morgan fingerprint density at radius 3 is 2.75 bits per heavy atom. The van der Waals surface area contributed by atoms with Gasteiger partial charge in [0.2, 0.25) is 5.91 Å². The van der Waals surface area contributed by atoms with Gasteiger partial charge in [0.1, 0.15) is 5.75 Å². The van der Waals surface area contributed by atoms with Gasteiger partial charge in [0.05, 0.1) is 6.04 Å². The van der Waals surface area contributed by atoms with E-state index in [4.69, 9.17) is 0 Å². The van der Waals surface area contributed by atoms with Gasteiger partial charge in [-0.2, -0.15) is 8.78 Å². The number of carbonyl (C=O) groups excluding carboxylic acids is 1. The second kappa shape index (κ2) is 8.16. The number of hydrogen-bond acceptors (Lipinski definition) is 3. The number of likely N-dealkylation sites (N-methyl/N-ethyl adjacent to an activating group) is 1. The number of rotatable bonds is 7. The average molecular weight is 351 g/mol. The van der Waals surface area contributed by atoms with E-state index in [1.807, 2.05) is 6.92 Å². The molecular weight excluding hydrogens is 334 g/mol. The Hall–Kier alpha value is -1.21. The summed E-state index contributed by atoms with van der Waals surface area (Å²) in [6.07, 6.45) is 0. The minimum Gasteiger partial charge on any atom is -0.434 e. The van der Waals surface area contributed by atoms with Gasteiger partial charge >= 0.3 is 6.61 Å². The van der Waals surface area contributed by atoms with E-state index in [1.165, 1.54) is 6.07 Å². The quantitative estimate of drug-likeness (QED) is 0.794. The minimum absolute atomic E-state index is 0.0961. The predicted octanol–water partition coefficient (Wildman–Crippen LogP) is 2.66. The van der Waals surface area contributed by atoms with Crippen molar-refractivity contribution in [3.05, 3.63) is 28.2 Å². The van der Waals surface area contributed by atoms with E-state index < -0.39 is 12.7 Å². The molecule has 1 amide bonds. The first-order valence-electron chi connectivity index (χ1n) is 6.18. The van der Waals surface area contributed by atoms with Crippen molar-refractivity contribution in [3.8, 4) is 5.75 Å². The van der Waals surface area contributed by atoms with Crippen LogP contribution >= 0.6 is 15.9 Å². The molecule has 0 saturated heterocycles. The van der Waals surface area contributed by atoms with Crippen molar-refractivity contribution in [3.63, 3.8) is 0 Å². The van der Waals surface area contributed by atoms with Gasteiger partial charge in [-0.15, -0.1) is 0 Å². The molecule has 0 aliphatic rings. The van der Waals surface area contributed by atoms with Crippen molar-refractivity contribution in [2.24, 2.45) is 0 Å². The largest absolute Gasteiger partial charge is 0.434 e. The van der Waals surface area contributed by atoms with Crippen LogP contribution in [-0.2, 0) is 11.3 Å². The van der Waals surface area contributed by atoms with Gasteiger partial charge in [0, 0.05) is 23.1 Å². The van der Waals surface area contributed by atoms with Gasteiger partial charge in [0.25, 0.3) is 0 Å². The Morgan fingerprint density at radius 2 is 2.15 bits per heavy atom. The number of nitrogens with one attached hydrogen (secondary N) is 2. The van der Waals surface area contributed by atoms with Gasteiger partial charge in [-0.25, -0.2) is 0 Å². The Balaban J connectivity index is 2.70. The first kappa shape index (κ1) is 16.8. The summed E-state index contributed by atoms with van der Waals surface area (Å²) in [5.41, 5.74) is 0.552. The number of ether oxygens (including phenoxy) is 1. The highest BCUT2D eigenvalue weighted by Crippen LogP contribution is 2.24. The molecule has 0 fully saturated rings. The molecule has 0 radical (unpaired) electrons. The van der Waals surface area contributed by atoms with Crippen LogP contribution in [0.3, 0.4) is 0 Å². The number of halogens is 3. The highest BCUT2D eigenvalue weighted by atomic mass is 79.9. The zero-order chi connectivity index (χ0) is 15.1. The van der Waals surface area contributed by atoms with E-state index >= 15 is 0 Å². The maximum absolute atomic E-state index is 12.3. The first-order valence-corrected chi connectivity index (χ1v) is 6.97. The fourth-order valence-electron chi connectivity index (χ4n) is 1.58. The molecule has 7 heteroatoms. The Kier molecular flexibility index (Phi) is 6.87. The third kappa shape index (κ3) is 5.42. The van der Waals surface area contributed by atoms with E-state index in [1.54, 1.807) is 19.1 Å². The molecule has 1 unspecified atom stereocenters. The Bertz CT molecular complexity index is 458. The number of hydrogen-bond donors (Lipinski definition) is 2. The monoisotopic (exact) mass is 350 g/mol. The standard InChI is InChI=1S/C13H17BrF2N2O2/c1-3-17-12(19)8(2)18-7-9-6-10(14)4-5-11(9)20-13(15)16/h4-6,8,13,18H,3,7H2,1-2H3,(H,17,19). The highest BCUT2D eigenvalue weighted by molar-refractivity contribution is 9.10. The summed E-state index contributed by atoms with van der Waals surface area (Å²) in [6.45, 7) is 1.45. The lowest BCUT2D eigenvalue weighted by molar-refractivity contribution is -0.122. The summed E-state index contributed by atoms with van der Waals surface area (Å²) in [6, 6.07) is 4.33. The van der Waals surface area contributed by atoms with Gasteiger partial charge in [0.15, 0.2) is 0 Å². The van der Waals surface area contributed by atoms with Gasteiger partial charge in [-0.3, -0.25) is 4.79 Å². The lowest BCUT2D eigenvalue weighted by Gasteiger charge is -2.16. The van der Waals surface area contributed by atoms with Gasteiger partial charge in [-0.1, -0.05) is 15.9 Å². The molecule has 2 N–H and O–H groups in total. The van der Waals surface area contributed by atoms with Crippen molar-refractivity contribution in [1.82, 2.24) is 10.6 Å². The van der Waals surface area contributed by atoms with Crippen LogP contribution in [0.2, 0.25) is 0 Å². The topological polar surface area (TPSA) is 50.4 Å². The molecular formula is C13H17BrF2N2O2. The molecule has 4 nitrogen and oxygen atoms in total. The molecule has 112 valence electrons. The average Bonchev–Trinajstić information content (AvgIpc) is 2.38. The van der Waals surface area contributed by atoms with Gasteiger partial charge < -0.3 is 15.4 Å². The van der Waals surface area contributed by atoms with Crippen LogP contribution in [0.4, 0.5) is 8.78 Å². The molecule has 0 aliphatic heterocycles. The first-order chi connectivity index (χ1) is 9.43. The number of carbonyl (C=O) groups is 1. The molecule has 1 atom stereocenters. The molecule has 0 spiro atoms. The lowest BCUT2D eigenvalue weighted by Crippen LogP contribution is -2.41. The zero-order valence-corrected chi connectivity index (χ0v) is 12.8. The zero-order valence-electron chi connectivity index (χ0n) is 11.3. The van der Waals surface area contributed by atoms with Crippen molar-refractivity contribution < 1.29 is 18.3 Å². The van der Waals surface area contributed by atoms with Crippen molar-refractivity contribution >= 4 is 21.8 Å². The molecule has 0 aromatic heterocycles. The summed E-state index contributed by atoms with van der Waals surface area (Å²) < 4.78 is 29.8. The molecule has 0 bridgehead atoms. The molecule has 1 aromatic rings. The maximum Gasteiger partial charge on any atom is 0.387 e. The van der Waals surface area contributed by atoms with E-state index in [9.17, 15) is 13.6 Å². The summed E-state index contributed by atoms with van der Waals surface area (Å²) in [5, 5.41) is 5.64. The lowest BCUT2D eigenvalue weighted by atomic mass is 10.2. The molecule has 0 heterocycles. The third-order valence-corrected chi connectivity index (χ3v) is 3.07. The highest BCUT2D eigenvalue weighted by Gasteiger charge is 2.14. The minimum atomic E-state index is -2.88. The van der Waals surface area contributed by atoms with E-state index in [-0.39, 0.29) is 18.2 Å².